The van der Waals surface area contributed by atoms with Gasteiger partial charge >= 0.3 is 10.4 Å². The van der Waals surface area contributed by atoms with Crippen LogP contribution in [0.15, 0.2) is 12.2 Å². The summed E-state index contributed by atoms with van der Waals surface area (Å²) in [6.07, 6.45) is 42.1. The second-order valence-electron chi connectivity index (χ2n) is 19.5. The highest BCUT2D eigenvalue weighted by Crippen LogP contribution is 2.26. The molecule has 1 saturated heterocycles. The first kappa shape index (κ1) is 62.9. The zero-order valence-corrected chi connectivity index (χ0v) is 43.1. The molecule has 66 heavy (non-hydrogen) atoms. The van der Waals surface area contributed by atoms with E-state index in [1.807, 2.05) is 0 Å². The van der Waals surface area contributed by atoms with Gasteiger partial charge in [0.1, 0.15) is 24.4 Å². The fourth-order valence-corrected chi connectivity index (χ4v) is 9.55. The van der Waals surface area contributed by atoms with Crippen molar-refractivity contribution in [3.63, 3.8) is 0 Å². The molecule has 1 fully saturated rings. The van der Waals surface area contributed by atoms with E-state index in [-0.39, 0.29) is 18.9 Å². The van der Waals surface area contributed by atoms with Gasteiger partial charge in [0.25, 0.3) is 0 Å². The fraction of sp³-hybridized carbons (Fsp3) is 0.943. The van der Waals surface area contributed by atoms with Crippen molar-refractivity contribution in [3.05, 3.63) is 12.2 Å². The van der Waals surface area contributed by atoms with E-state index in [4.69, 9.17) is 9.47 Å². The molecular weight excluding hydrogens is 859 g/mol. The average Bonchev–Trinajstić information content (AvgIpc) is 3.29. The van der Waals surface area contributed by atoms with E-state index in [0.29, 0.717) is 12.8 Å². The minimum absolute atomic E-state index is 0.230. The van der Waals surface area contributed by atoms with Crippen LogP contribution in [-0.2, 0) is 28.9 Å². The quantitative estimate of drug-likeness (QED) is 0.0193. The number of unbranched alkanes of at least 4 members (excludes halogenated alkanes) is 34. The number of hydrogen-bond acceptors (Lipinski definition) is 10. The fourth-order valence-electron chi connectivity index (χ4n) is 9.04. The van der Waals surface area contributed by atoms with Gasteiger partial charge in [0, 0.05) is 6.42 Å². The lowest BCUT2D eigenvalue weighted by molar-refractivity contribution is -0.298. The van der Waals surface area contributed by atoms with Crippen LogP contribution in [0.25, 0.3) is 0 Å². The van der Waals surface area contributed by atoms with Crippen molar-refractivity contribution in [1.29, 1.82) is 0 Å². The van der Waals surface area contributed by atoms with E-state index in [0.717, 1.165) is 51.4 Å². The first-order chi connectivity index (χ1) is 32.0. The Morgan fingerprint density at radius 3 is 1.36 bits per heavy atom. The summed E-state index contributed by atoms with van der Waals surface area (Å²) in [6.45, 7) is 3.48. The average molecular weight is 962 g/mol. The lowest BCUT2D eigenvalue weighted by Gasteiger charge is -2.41. The third kappa shape index (κ3) is 35.9. The second kappa shape index (κ2) is 43.8. The van der Waals surface area contributed by atoms with Gasteiger partial charge in [-0.1, -0.05) is 231 Å². The summed E-state index contributed by atoms with van der Waals surface area (Å²) >= 11 is 0. The molecule has 1 heterocycles. The third-order valence-electron chi connectivity index (χ3n) is 13.3. The Morgan fingerprint density at radius 1 is 0.591 bits per heavy atom. The van der Waals surface area contributed by atoms with Gasteiger partial charge in [-0.25, -0.2) is 4.18 Å². The first-order valence-corrected chi connectivity index (χ1v) is 28.9. The standard InChI is InChI=1S/C53H103NO11S/c1-3-5-7-9-11-13-15-17-19-21-23-25-26-28-30-32-34-36-38-40-42-47(56)46(45-63-53-51(59)52(65-66(60,61)62)50(58)48(44-55)64-53)54-49(57)43-41-39-37-35-33-31-29-27-24-22-20-18-16-14-12-10-8-6-4-2/h22,24,46-48,50-53,55-56,58-59H,3-21,23,25-45H2,1-2H3,(H,54,57)(H,60,61,62)/b24-22-. The SMILES string of the molecule is CCCCCCCCCC/C=C\CCCCCCCCCC(=O)NC(COC1OC(CO)C(O)C(OS(=O)(=O)O)C1O)C(O)CCCCCCCCCCCCCCCCCCCCCC. The predicted octanol–water partition coefficient (Wildman–Crippen LogP) is 12.3. The molecule has 7 atom stereocenters. The summed E-state index contributed by atoms with van der Waals surface area (Å²) in [5.41, 5.74) is 0. The van der Waals surface area contributed by atoms with Gasteiger partial charge < -0.3 is 35.2 Å². The number of nitrogens with one attached hydrogen (secondary N) is 1. The molecule has 0 aromatic rings. The van der Waals surface area contributed by atoms with Crippen molar-refractivity contribution in [3.8, 4) is 0 Å². The Morgan fingerprint density at radius 2 is 0.970 bits per heavy atom. The van der Waals surface area contributed by atoms with Crippen LogP contribution >= 0.6 is 0 Å². The monoisotopic (exact) mass is 962 g/mol. The number of aliphatic hydroxyl groups is 4. The Balaban J connectivity index is 2.39. The molecule has 13 heteroatoms. The number of carbonyl (C=O) groups excluding carboxylic acids is 1. The summed E-state index contributed by atoms with van der Waals surface area (Å²) in [4.78, 5) is 13.1. The summed E-state index contributed by atoms with van der Waals surface area (Å²) in [6, 6.07) is -0.858. The molecule has 0 aromatic carbocycles. The Bertz CT molecular complexity index is 1220. The lowest BCUT2D eigenvalue weighted by atomic mass is 9.99. The van der Waals surface area contributed by atoms with E-state index in [1.54, 1.807) is 0 Å². The molecule has 0 radical (unpaired) electrons. The molecule has 1 amide bonds. The summed E-state index contributed by atoms with van der Waals surface area (Å²) < 4.78 is 47.9. The second-order valence-corrected chi connectivity index (χ2v) is 20.6. The van der Waals surface area contributed by atoms with Crippen molar-refractivity contribution in [1.82, 2.24) is 5.32 Å². The maximum Gasteiger partial charge on any atom is 0.397 e. The maximum atomic E-state index is 13.1. The van der Waals surface area contributed by atoms with Crippen molar-refractivity contribution >= 4 is 16.3 Å². The molecule has 0 aliphatic carbocycles. The normalized spacial score (nSPS) is 20.0. The van der Waals surface area contributed by atoms with E-state index in [9.17, 15) is 38.2 Å². The number of allylic oxidation sites excluding steroid dienone is 2. The summed E-state index contributed by atoms with van der Waals surface area (Å²) in [5, 5.41) is 45.1. The van der Waals surface area contributed by atoms with Gasteiger partial charge in [-0.3, -0.25) is 9.35 Å². The number of amides is 1. The predicted molar refractivity (Wildman–Crippen MR) is 269 cm³/mol. The van der Waals surface area contributed by atoms with Crippen LogP contribution < -0.4 is 5.32 Å². The van der Waals surface area contributed by atoms with Gasteiger partial charge in [0.2, 0.25) is 5.91 Å². The van der Waals surface area contributed by atoms with Crippen molar-refractivity contribution in [2.45, 2.75) is 307 Å². The molecule has 0 saturated carbocycles. The molecule has 12 nitrogen and oxygen atoms in total. The van der Waals surface area contributed by atoms with Crippen LogP contribution in [0, 0.1) is 0 Å². The Kier molecular flexibility index (Phi) is 41.7. The van der Waals surface area contributed by atoms with Crippen LogP contribution in [-0.4, -0.2) is 95.4 Å². The zero-order chi connectivity index (χ0) is 48.4. The van der Waals surface area contributed by atoms with Crippen LogP contribution in [0.4, 0.5) is 0 Å². The minimum Gasteiger partial charge on any atom is -0.394 e. The highest BCUT2D eigenvalue weighted by molar-refractivity contribution is 7.80. The van der Waals surface area contributed by atoms with E-state index in [2.05, 4.69) is 35.5 Å². The van der Waals surface area contributed by atoms with Gasteiger partial charge in [-0.05, 0) is 38.5 Å². The molecule has 1 aliphatic rings. The Hall–Kier alpha value is -1.16. The van der Waals surface area contributed by atoms with Crippen LogP contribution in [0.3, 0.4) is 0 Å². The topological polar surface area (TPSA) is 192 Å². The molecule has 392 valence electrons. The molecule has 0 bridgehead atoms. The molecule has 0 aromatic heterocycles. The van der Waals surface area contributed by atoms with E-state index >= 15 is 0 Å². The first-order valence-electron chi connectivity index (χ1n) is 27.6. The largest absolute Gasteiger partial charge is 0.397 e. The van der Waals surface area contributed by atoms with Crippen molar-refractivity contribution in [2.75, 3.05) is 13.2 Å². The molecular formula is C53H103NO11S. The van der Waals surface area contributed by atoms with Gasteiger partial charge in [-0.15, -0.1) is 0 Å². The molecule has 7 unspecified atom stereocenters. The summed E-state index contributed by atoms with van der Waals surface area (Å²) in [5.74, 6) is -0.230. The third-order valence-corrected chi connectivity index (χ3v) is 13.8. The molecule has 1 aliphatic heterocycles. The number of ether oxygens (including phenoxy) is 2. The van der Waals surface area contributed by atoms with E-state index < -0.39 is 59.9 Å². The number of aliphatic hydroxyl groups excluding tert-OH is 4. The van der Waals surface area contributed by atoms with Gasteiger partial charge in [0.15, 0.2) is 6.29 Å². The maximum absolute atomic E-state index is 13.1. The van der Waals surface area contributed by atoms with Gasteiger partial charge in [-0.2, -0.15) is 8.42 Å². The van der Waals surface area contributed by atoms with E-state index in [1.165, 1.54) is 180 Å². The lowest BCUT2D eigenvalue weighted by Crippen LogP contribution is -2.61. The Labute approximate surface area is 404 Å². The highest BCUT2D eigenvalue weighted by atomic mass is 32.3. The zero-order valence-electron chi connectivity index (χ0n) is 42.3. The molecule has 1 rings (SSSR count). The van der Waals surface area contributed by atoms with Crippen molar-refractivity contribution < 1.29 is 51.8 Å². The number of hydrogen-bond donors (Lipinski definition) is 6. The molecule has 6 N–H and O–H groups in total. The summed E-state index contributed by atoms with van der Waals surface area (Å²) in [7, 11) is -5.08. The van der Waals surface area contributed by atoms with Crippen molar-refractivity contribution in [2.24, 2.45) is 0 Å². The minimum atomic E-state index is -5.08. The van der Waals surface area contributed by atoms with Crippen LogP contribution in [0.1, 0.15) is 264 Å². The smallest absolute Gasteiger partial charge is 0.394 e. The van der Waals surface area contributed by atoms with Crippen LogP contribution in [0.2, 0.25) is 0 Å². The highest BCUT2D eigenvalue weighted by Gasteiger charge is 2.48. The van der Waals surface area contributed by atoms with Crippen LogP contribution in [0.5, 0.6) is 0 Å². The van der Waals surface area contributed by atoms with Gasteiger partial charge in [0.05, 0.1) is 25.4 Å². The number of carbonyl (C=O) groups is 1. The number of rotatable bonds is 48. The molecule has 0 spiro atoms.